The summed E-state index contributed by atoms with van der Waals surface area (Å²) in [6.07, 6.45) is 1.68. The SMILES string of the molecule is Cc1ccc(NC(=O)CCNC(=O)COc2ccc(F)cc2F)nc1. The predicted molar refractivity (Wildman–Crippen MR) is 87.1 cm³/mol. The minimum Gasteiger partial charge on any atom is -0.481 e. The van der Waals surface area contributed by atoms with Gasteiger partial charge in [-0.2, -0.15) is 0 Å². The van der Waals surface area contributed by atoms with Crippen LogP contribution in [0, 0.1) is 18.6 Å². The molecule has 0 aliphatic rings. The lowest BCUT2D eigenvalue weighted by atomic mass is 10.3. The van der Waals surface area contributed by atoms with E-state index in [0.717, 1.165) is 17.7 Å². The largest absolute Gasteiger partial charge is 0.481 e. The molecule has 0 spiro atoms. The minimum absolute atomic E-state index is 0.0478. The molecule has 25 heavy (non-hydrogen) atoms. The number of carbonyl (C=O) groups excluding carboxylic acids is 2. The lowest BCUT2D eigenvalue weighted by Crippen LogP contribution is -2.31. The molecule has 0 saturated carbocycles. The molecule has 0 bridgehead atoms. The van der Waals surface area contributed by atoms with Crippen molar-refractivity contribution in [1.82, 2.24) is 10.3 Å². The summed E-state index contributed by atoms with van der Waals surface area (Å²) in [7, 11) is 0. The molecule has 2 N–H and O–H groups in total. The van der Waals surface area contributed by atoms with Crippen LogP contribution in [0.1, 0.15) is 12.0 Å². The summed E-state index contributed by atoms with van der Waals surface area (Å²) < 4.78 is 31.0. The molecule has 1 aromatic heterocycles. The van der Waals surface area contributed by atoms with E-state index >= 15 is 0 Å². The molecule has 0 unspecified atom stereocenters. The van der Waals surface area contributed by atoms with Crippen LogP contribution >= 0.6 is 0 Å². The quantitative estimate of drug-likeness (QED) is 0.803. The molecule has 2 aromatic rings. The Bertz CT molecular complexity index is 751. The maximum Gasteiger partial charge on any atom is 0.257 e. The van der Waals surface area contributed by atoms with Gasteiger partial charge in [0.05, 0.1) is 0 Å². The molecule has 1 aromatic carbocycles. The van der Waals surface area contributed by atoms with Gasteiger partial charge in [-0.3, -0.25) is 9.59 Å². The molecule has 2 amide bonds. The normalized spacial score (nSPS) is 10.2. The molecule has 0 fully saturated rings. The topological polar surface area (TPSA) is 80.3 Å². The number of anilines is 1. The van der Waals surface area contributed by atoms with Crippen LogP contribution in [0.15, 0.2) is 36.5 Å². The first-order valence-corrected chi connectivity index (χ1v) is 7.51. The van der Waals surface area contributed by atoms with Crippen LogP contribution in [0.3, 0.4) is 0 Å². The highest BCUT2D eigenvalue weighted by Gasteiger charge is 2.09. The van der Waals surface area contributed by atoms with E-state index in [1.807, 2.05) is 13.0 Å². The number of aryl methyl sites for hydroxylation is 1. The molecule has 0 radical (unpaired) electrons. The number of carbonyl (C=O) groups is 2. The van der Waals surface area contributed by atoms with E-state index in [1.165, 1.54) is 0 Å². The average molecular weight is 349 g/mol. The van der Waals surface area contributed by atoms with Gasteiger partial charge in [0.25, 0.3) is 5.91 Å². The molecule has 6 nitrogen and oxygen atoms in total. The number of hydrogen-bond donors (Lipinski definition) is 2. The van der Waals surface area contributed by atoms with Crippen molar-refractivity contribution in [1.29, 1.82) is 0 Å². The van der Waals surface area contributed by atoms with Gasteiger partial charge in [-0.1, -0.05) is 6.07 Å². The standard InChI is InChI=1S/C17H17F2N3O3/c1-11-2-5-15(21-9-11)22-16(23)6-7-20-17(24)10-25-14-4-3-12(18)8-13(14)19/h2-5,8-9H,6-7,10H2,1H3,(H,20,24)(H,21,22,23). The van der Waals surface area contributed by atoms with Gasteiger partial charge < -0.3 is 15.4 Å². The number of hydrogen-bond acceptors (Lipinski definition) is 4. The van der Waals surface area contributed by atoms with Crippen LogP contribution in [0.2, 0.25) is 0 Å². The molecule has 0 atom stereocenters. The minimum atomic E-state index is -0.891. The third-order valence-corrected chi connectivity index (χ3v) is 3.11. The Hall–Kier alpha value is -3.03. The summed E-state index contributed by atoms with van der Waals surface area (Å²) >= 11 is 0. The molecule has 1 heterocycles. The van der Waals surface area contributed by atoms with Gasteiger partial charge in [-0.05, 0) is 30.7 Å². The van der Waals surface area contributed by atoms with Crippen LogP contribution in [-0.4, -0.2) is 29.9 Å². The number of amides is 2. The number of ether oxygens (including phenoxy) is 1. The summed E-state index contributed by atoms with van der Waals surface area (Å²) in [5, 5.41) is 5.06. The van der Waals surface area contributed by atoms with Gasteiger partial charge in [0.2, 0.25) is 5.91 Å². The lowest BCUT2D eigenvalue weighted by Gasteiger charge is -2.08. The Kier molecular flexibility index (Phi) is 6.39. The van der Waals surface area contributed by atoms with Crippen molar-refractivity contribution in [3.63, 3.8) is 0 Å². The fourth-order valence-corrected chi connectivity index (χ4v) is 1.85. The zero-order chi connectivity index (χ0) is 18.2. The predicted octanol–water partition coefficient (Wildman–Crippen LogP) is 2.19. The number of nitrogens with zero attached hydrogens (tertiary/aromatic N) is 1. The average Bonchev–Trinajstić information content (AvgIpc) is 2.56. The Morgan fingerprint density at radius 3 is 2.64 bits per heavy atom. The monoisotopic (exact) mass is 349 g/mol. The fourth-order valence-electron chi connectivity index (χ4n) is 1.85. The number of benzene rings is 1. The highest BCUT2D eigenvalue weighted by Crippen LogP contribution is 2.17. The Balaban J connectivity index is 1.67. The van der Waals surface area contributed by atoms with E-state index in [4.69, 9.17) is 4.74 Å². The van der Waals surface area contributed by atoms with E-state index in [2.05, 4.69) is 15.6 Å². The van der Waals surface area contributed by atoms with Gasteiger partial charge in [0, 0.05) is 25.2 Å². The highest BCUT2D eigenvalue weighted by molar-refractivity contribution is 5.90. The van der Waals surface area contributed by atoms with Crippen molar-refractivity contribution in [2.24, 2.45) is 0 Å². The second-order valence-corrected chi connectivity index (χ2v) is 5.23. The first-order chi connectivity index (χ1) is 11.9. The van der Waals surface area contributed by atoms with Gasteiger partial charge in [0.1, 0.15) is 11.6 Å². The number of rotatable bonds is 7. The molecular weight excluding hydrogens is 332 g/mol. The van der Waals surface area contributed by atoms with Gasteiger partial charge >= 0.3 is 0 Å². The smallest absolute Gasteiger partial charge is 0.257 e. The van der Waals surface area contributed by atoms with Crippen LogP contribution in [0.5, 0.6) is 5.75 Å². The highest BCUT2D eigenvalue weighted by atomic mass is 19.1. The maximum absolute atomic E-state index is 13.3. The number of nitrogens with one attached hydrogen (secondary N) is 2. The van der Waals surface area contributed by atoms with Crippen LogP contribution < -0.4 is 15.4 Å². The van der Waals surface area contributed by atoms with E-state index < -0.39 is 24.1 Å². The van der Waals surface area contributed by atoms with Crippen molar-refractivity contribution >= 4 is 17.6 Å². The Morgan fingerprint density at radius 2 is 1.96 bits per heavy atom. The van der Waals surface area contributed by atoms with Crippen LogP contribution in [-0.2, 0) is 9.59 Å². The molecule has 0 aliphatic carbocycles. The molecule has 8 heteroatoms. The molecular formula is C17H17F2N3O3. The lowest BCUT2D eigenvalue weighted by molar-refractivity contribution is -0.123. The van der Waals surface area contributed by atoms with Crippen molar-refractivity contribution < 1.29 is 23.1 Å². The Labute approximate surface area is 143 Å². The number of pyridine rings is 1. The summed E-state index contributed by atoms with van der Waals surface area (Å²) in [5.74, 6) is -2.25. The number of aromatic nitrogens is 1. The van der Waals surface area contributed by atoms with Crippen LogP contribution in [0.4, 0.5) is 14.6 Å². The summed E-state index contributed by atoms with van der Waals surface area (Å²) in [5.41, 5.74) is 0.975. The number of halogens is 2. The molecule has 2 rings (SSSR count). The zero-order valence-electron chi connectivity index (χ0n) is 13.5. The van der Waals surface area contributed by atoms with Crippen molar-refractivity contribution in [2.45, 2.75) is 13.3 Å². The maximum atomic E-state index is 13.3. The molecule has 0 saturated heterocycles. The summed E-state index contributed by atoms with van der Waals surface area (Å²) in [4.78, 5) is 27.3. The van der Waals surface area contributed by atoms with E-state index in [-0.39, 0.29) is 24.6 Å². The van der Waals surface area contributed by atoms with E-state index in [0.29, 0.717) is 11.9 Å². The Morgan fingerprint density at radius 1 is 1.16 bits per heavy atom. The van der Waals surface area contributed by atoms with Crippen LogP contribution in [0.25, 0.3) is 0 Å². The van der Waals surface area contributed by atoms with E-state index in [1.54, 1.807) is 12.3 Å². The fraction of sp³-hybridized carbons (Fsp3) is 0.235. The third-order valence-electron chi connectivity index (χ3n) is 3.11. The molecule has 0 aliphatic heterocycles. The third kappa shape index (κ3) is 6.17. The molecule has 132 valence electrons. The second-order valence-electron chi connectivity index (χ2n) is 5.23. The summed E-state index contributed by atoms with van der Waals surface area (Å²) in [6.45, 7) is 1.53. The van der Waals surface area contributed by atoms with Gasteiger partial charge in [-0.25, -0.2) is 13.8 Å². The van der Waals surface area contributed by atoms with E-state index in [9.17, 15) is 18.4 Å². The summed E-state index contributed by atoms with van der Waals surface area (Å²) in [6, 6.07) is 6.28. The second kappa shape index (κ2) is 8.72. The van der Waals surface area contributed by atoms with Gasteiger partial charge in [0.15, 0.2) is 18.2 Å². The first kappa shape index (κ1) is 18.3. The van der Waals surface area contributed by atoms with Crippen molar-refractivity contribution in [3.8, 4) is 5.75 Å². The van der Waals surface area contributed by atoms with Crippen molar-refractivity contribution in [3.05, 3.63) is 53.7 Å². The zero-order valence-corrected chi connectivity index (χ0v) is 13.5. The first-order valence-electron chi connectivity index (χ1n) is 7.51. The van der Waals surface area contributed by atoms with Gasteiger partial charge in [-0.15, -0.1) is 0 Å². The van der Waals surface area contributed by atoms with Crippen molar-refractivity contribution in [2.75, 3.05) is 18.5 Å².